The van der Waals surface area contributed by atoms with Crippen LogP contribution in [0.3, 0.4) is 0 Å². The number of esters is 1. The zero-order valence-corrected chi connectivity index (χ0v) is 19.0. The van der Waals surface area contributed by atoms with E-state index in [1.807, 2.05) is 0 Å². The van der Waals surface area contributed by atoms with Gasteiger partial charge >= 0.3 is 5.97 Å². The Hall–Kier alpha value is -0.600. The Labute approximate surface area is 181 Å². The molecule has 0 radical (unpaired) electrons. The number of thioether (sulfide) groups is 1. The van der Waals surface area contributed by atoms with Gasteiger partial charge in [-0.2, -0.15) is 0 Å². The molecule has 30 heavy (non-hydrogen) atoms. The first-order valence-electron chi connectivity index (χ1n) is 11.4. The molecular formula is C23H30O6S. The van der Waals surface area contributed by atoms with Crippen LogP contribution in [-0.4, -0.2) is 65.5 Å². The molecule has 0 bridgehead atoms. The molecule has 3 aliphatic carbocycles. The first-order valence-corrected chi connectivity index (χ1v) is 12.7. The van der Waals surface area contributed by atoms with Crippen molar-refractivity contribution in [1.29, 1.82) is 0 Å². The largest absolute Gasteiger partial charge is 0.458 e. The highest BCUT2D eigenvalue weighted by molar-refractivity contribution is 7.99. The molecule has 0 N–H and O–H groups in total. The molecule has 7 rings (SSSR count). The minimum Gasteiger partial charge on any atom is -0.458 e. The Morgan fingerprint density at radius 2 is 1.97 bits per heavy atom. The molecule has 0 aromatic carbocycles. The van der Waals surface area contributed by atoms with E-state index in [9.17, 15) is 4.79 Å². The van der Waals surface area contributed by atoms with Gasteiger partial charge < -0.3 is 23.7 Å². The van der Waals surface area contributed by atoms with Crippen molar-refractivity contribution in [3.63, 3.8) is 0 Å². The van der Waals surface area contributed by atoms with Crippen molar-refractivity contribution in [2.45, 2.75) is 93.6 Å². The number of carbonyl (C=O) groups excluding carboxylic acids is 1. The summed E-state index contributed by atoms with van der Waals surface area (Å²) in [5.74, 6) is 0.478. The molecule has 2 unspecified atom stereocenters. The summed E-state index contributed by atoms with van der Waals surface area (Å²) in [4.78, 5) is 12.2. The first kappa shape index (κ1) is 18.9. The number of cyclic esters (lactones) is 1. The number of ether oxygens (including phenoxy) is 5. The molecule has 10 atom stereocenters. The van der Waals surface area contributed by atoms with Crippen molar-refractivity contribution < 1.29 is 28.5 Å². The van der Waals surface area contributed by atoms with Gasteiger partial charge in [-0.05, 0) is 49.9 Å². The Balaban J connectivity index is 1.36. The Morgan fingerprint density at radius 3 is 2.70 bits per heavy atom. The van der Waals surface area contributed by atoms with Crippen LogP contribution in [-0.2, 0) is 28.5 Å². The van der Waals surface area contributed by atoms with Crippen LogP contribution in [0.2, 0.25) is 0 Å². The zero-order valence-electron chi connectivity index (χ0n) is 18.2. The van der Waals surface area contributed by atoms with Crippen LogP contribution in [0.5, 0.6) is 0 Å². The van der Waals surface area contributed by atoms with Gasteiger partial charge in [-0.3, -0.25) is 0 Å². The highest BCUT2D eigenvalue weighted by atomic mass is 32.2. The summed E-state index contributed by atoms with van der Waals surface area (Å²) in [6.07, 6.45) is 4.77. The van der Waals surface area contributed by atoms with Gasteiger partial charge in [0.15, 0.2) is 5.60 Å². The third-order valence-corrected chi connectivity index (χ3v) is 10.5. The van der Waals surface area contributed by atoms with Crippen LogP contribution in [0, 0.1) is 17.3 Å². The van der Waals surface area contributed by atoms with E-state index in [1.54, 1.807) is 11.8 Å². The zero-order chi connectivity index (χ0) is 20.8. The van der Waals surface area contributed by atoms with E-state index in [0.717, 1.165) is 24.8 Å². The van der Waals surface area contributed by atoms with Crippen molar-refractivity contribution in [3.05, 3.63) is 11.1 Å². The summed E-state index contributed by atoms with van der Waals surface area (Å²) < 4.78 is 32.1. The van der Waals surface area contributed by atoms with Crippen LogP contribution >= 0.6 is 11.8 Å². The van der Waals surface area contributed by atoms with Crippen LogP contribution in [0.1, 0.15) is 47.0 Å². The number of fused-ring (bicyclic) bond motifs is 4. The monoisotopic (exact) mass is 434 g/mol. The average molecular weight is 435 g/mol. The molecule has 4 aliphatic heterocycles. The third-order valence-electron chi connectivity index (χ3n) is 9.73. The quantitative estimate of drug-likeness (QED) is 0.383. The number of carbonyl (C=O) groups is 1. The van der Waals surface area contributed by atoms with E-state index in [2.05, 4.69) is 34.0 Å². The fourth-order valence-electron chi connectivity index (χ4n) is 8.12. The lowest BCUT2D eigenvalue weighted by Gasteiger charge is -2.54. The fraction of sp³-hybridized carbons (Fsp3) is 0.870. The predicted molar refractivity (Wildman–Crippen MR) is 109 cm³/mol. The normalized spacial score (nSPS) is 57.4. The van der Waals surface area contributed by atoms with E-state index in [1.165, 1.54) is 5.57 Å². The Kier molecular flexibility index (Phi) is 3.35. The predicted octanol–water partition coefficient (Wildman–Crippen LogP) is 2.84. The molecule has 7 heteroatoms. The van der Waals surface area contributed by atoms with Gasteiger partial charge in [0, 0.05) is 11.0 Å². The number of epoxide rings is 3. The molecular weight excluding hydrogens is 404 g/mol. The van der Waals surface area contributed by atoms with Gasteiger partial charge in [0.05, 0.1) is 6.10 Å². The smallest absolute Gasteiger partial charge is 0.334 e. The second-order valence-corrected chi connectivity index (χ2v) is 12.0. The maximum absolute atomic E-state index is 12.2. The van der Waals surface area contributed by atoms with E-state index in [-0.39, 0.29) is 58.4 Å². The highest BCUT2D eigenvalue weighted by Gasteiger charge is 3.00. The molecule has 4 heterocycles. The lowest BCUT2D eigenvalue weighted by molar-refractivity contribution is -0.136. The highest BCUT2D eigenvalue weighted by Crippen LogP contribution is 2.83. The average Bonchev–Trinajstić information content (AvgIpc) is 3.61. The van der Waals surface area contributed by atoms with Crippen LogP contribution in [0.4, 0.5) is 0 Å². The third kappa shape index (κ3) is 1.72. The van der Waals surface area contributed by atoms with Gasteiger partial charge in [-0.15, -0.1) is 11.8 Å². The fourth-order valence-corrected chi connectivity index (χ4v) is 8.34. The molecule has 164 valence electrons. The molecule has 0 aromatic heterocycles. The van der Waals surface area contributed by atoms with Crippen molar-refractivity contribution >= 4 is 17.7 Å². The molecule has 0 amide bonds. The summed E-state index contributed by atoms with van der Waals surface area (Å²) >= 11 is 1.72. The van der Waals surface area contributed by atoms with Gasteiger partial charge in [-0.25, -0.2) is 4.79 Å². The van der Waals surface area contributed by atoms with Crippen molar-refractivity contribution in [2.24, 2.45) is 17.3 Å². The SMILES string of the molecule is CSC(C)O[C@@H]1[C@@]2(C(C)C)O[C@H]2[C@@H]2O[C@@]23[C@@]2(C)CCC4=C(COC4=O)[C@@H]2CC2O[C@]213. The van der Waals surface area contributed by atoms with Crippen LogP contribution < -0.4 is 0 Å². The summed E-state index contributed by atoms with van der Waals surface area (Å²) in [6.45, 7) is 9.38. The first-order chi connectivity index (χ1) is 14.3. The van der Waals surface area contributed by atoms with Gasteiger partial charge in [0.1, 0.15) is 41.6 Å². The van der Waals surface area contributed by atoms with Gasteiger partial charge in [0.2, 0.25) is 0 Å². The topological polar surface area (TPSA) is 73.1 Å². The van der Waals surface area contributed by atoms with Crippen molar-refractivity contribution in [2.75, 3.05) is 12.9 Å². The molecule has 7 aliphatic rings. The minimum atomic E-state index is -0.439. The van der Waals surface area contributed by atoms with Gasteiger partial charge in [0.25, 0.3) is 0 Å². The van der Waals surface area contributed by atoms with Crippen molar-refractivity contribution in [1.82, 2.24) is 0 Å². The lowest BCUT2D eigenvalue weighted by Crippen LogP contribution is -2.70. The summed E-state index contributed by atoms with van der Waals surface area (Å²) in [5, 5.41) is 0. The summed E-state index contributed by atoms with van der Waals surface area (Å²) in [5.41, 5.74) is 0.932. The standard InChI is InChI=1S/C23H30O6S/c1-10(2)21-16(28-21)17-23(29-17)20(4)7-6-12-13(9-25-18(12)24)14(20)8-15-22(23,27-15)19(21)26-11(3)30-5/h10-11,14-17,19H,6-9H2,1-5H3/t11?,14-,15?,16-,17-,19+,20-,21-,22+,23+/m0/s1. The Bertz CT molecular complexity index is 902. The summed E-state index contributed by atoms with van der Waals surface area (Å²) in [7, 11) is 0. The van der Waals surface area contributed by atoms with E-state index < -0.39 is 5.60 Å². The molecule has 2 spiro atoms. The molecule has 2 saturated carbocycles. The maximum atomic E-state index is 12.2. The van der Waals surface area contributed by atoms with Crippen LogP contribution in [0.15, 0.2) is 11.1 Å². The molecule has 5 fully saturated rings. The number of hydrogen-bond donors (Lipinski definition) is 0. The summed E-state index contributed by atoms with van der Waals surface area (Å²) in [6, 6.07) is 0. The number of hydrogen-bond acceptors (Lipinski definition) is 7. The number of rotatable bonds is 4. The Morgan fingerprint density at radius 1 is 1.17 bits per heavy atom. The second-order valence-electron chi connectivity index (χ2n) is 10.8. The van der Waals surface area contributed by atoms with Gasteiger partial charge in [-0.1, -0.05) is 20.8 Å². The second kappa shape index (κ2) is 5.30. The van der Waals surface area contributed by atoms with E-state index in [0.29, 0.717) is 12.5 Å². The molecule has 0 aromatic rings. The van der Waals surface area contributed by atoms with Crippen molar-refractivity contribution in [3.8, 4) is 0 Å². The maximum Gasteiger partial charge on any atom is 0.334 e. The molecule has 3 saturated heterocycles. The molecule has 6 nitrogen and oxygen atoms in total. The van der Waals surface area contributed by atoms with Crippen LogP contribution in [0.25, 0.3) is 0 Å². The van der Waals surface area contributed by atoms with E-state index in [4.69, 9.17) is 23.7 Å². The minimum absolute atomic E-state index is 0.0577. The lowest BCUT2D eigenvalue weighted by atomic mass is 9.46. The van der Waals surface area contributed by atoms with E-state index >= 15 is 0 Å².